The lowest BCUT2D eigenvalue weighted by Gasteiger charge is -2.06. The number of fused-ring (bicyclic) bond motifs is 1. The molecule has 1 amide bonds. The third kappa shape index (κ3) is 3.82. The molecule has 0 unspecified atom stereocenters. The summed E-state index contributed by atoms with van der Waals surface area (Å²) in [6, 6.07) is 6.26. The number of carbonyl (C=O) groups is 1. The minimum Gasteiger partial charge on any atom is -0.356 e. The highest BCUT2D eigenvalue weighted by atomic mass is 32.1. The fraction of sp³-hybridized carbons (Fsp3) is 0.333. The fourth-order valence-corrected chi connectivity index (χ4v) is 3.32. The molecule has 0 aliphatic carbocycles. The van der Waals surface area contributed by atoms with Crippen molar-refractivity contribution < 1.29 is 9.18 Å². The molecule has 0 saturated heterocycles. The van der Waals surface area contributed by atoms with Crippen molar-refractivity contribution in [1.29, 1.82) is 0 Å². The Morgan fingerprint density at radius 1 is 1.33 bits per heavy atom. The third-order valence-corrected chi connectivity index (χ3v) is 4.70. The Kier molecular flexibility index (Phi) is 4.94. The molecule has 3 rings (SSSR count). The molecule has 126 valence electrons. The van der Waals surface area contributed by atoms with Crippen LogP contribution in [0.2, 0.25) is 0 Å². The van der Waals surface area contributed by atoms with Gasteiger partial charge in [-0.25, -0.2) is 9.37 Å². The molecule has 0 radical (unpaired) electrons. The third-order valence-electron chi connectivity index (χ3n) is 3.81. The second kappa shape index (κ2) is 7.13. The average molecular weight is 345 g/mol. The Hall–Kier alpha value is -2.21. The van der Waals surface area contributed by atoms with Gasteiger partial charge in [-0.05, 0) is 36.6 Å². The first-order chi connectivity index (χ1) is 11.5. The number of nitrogens with one attached hydrogen (secondary N) is 1. The molecule has 0 fully saturated rings. The molecule has 4 nitrogen and oxygen atoms in total. The van der Waals surface area contributed by atoms with Gasteiger partial charge < -0.3 is 5.32 Å². The molecular formula is C18H20FN3OS. The maximum Gasteiger partial charge on any atom is 0.225 e. The Morgan fingerprint density at radius 3 is 2.79 bits per heavy atom. The second-order valence-electron chi connectivity index (χ2n) is 6.22. The summed E-state index contributed by atoms with van der Waals surface area (Å²) >= 11 is 1.50. The molecule has 0 aliphatic rings. The molecule has 1 aromatic carbocycles. The van der Waals surface area contributed by atoms with Crippen LogP contribution in [0.5, 0.6) is 0 Å². The Balaban J connectivity index is 1.73. The highest BCUT2D eigenvalue weighted by Gasteiger charge is 2.12. The molecule has 0 bridgehead atoms. The van der Waals surface area contributed by atoms with Crippen LogP contribution < -0.4 is 5.32 Å². The maximum atomic E-state index is 13.0. The first-order valence-electron chi connectivity index (χ1n) is 8.01. The number of halogens is 1. The highest BCUT2D eigenvalue weighted by Crippen LogP contribution is 2.24. The summed E-state index contributed by atoms with van der Waals surface area (Å²) in [5.41, 5.74) is 2.56. The van der Waals surface area contributed by atoms with Crippen LogP contribution in [-0.4, -0.2) is 21.8 Å². The predicted octanol–water partition coefficient (Wildman–Crippen LogP) is 3.91. The number of nitrogens with zero attached hydrogens (tertiary/aromatic N) is 2. The van der Waals surface area contributed by atoms with Crippen molar-refractivity contribution >= 4 is 22.2 Å². The van der Waals surface area contributed by atoms with E-state index >= 15 is 0 Å². The molecule has 0 saturated carbocycles. The molecule has 3 aromatic rings. The predicted molar refractivity (Wildman–Crippen MR) is 94.6 cm³/mol. The SMILES string of the molecule is CC(C)CCNC(=O)Cc1csc2nc(-c3ccc(F)cc3)cn12. The highest BCUT2D eigenvalue weighted by molar-refractivity contribution is 7.15. The van der Waals surface area contributed by atoms with E-state index in [1.807, 2.05) is 16.0 Å². The number of carbonyl (C=O) groups excluding carboxylic acids is 1. The van der Waals surface area contributed by atoms with E-state index in [-0.39, 0.29) is 11.7 Å². The maximum absolute atomic E-state index is 13.0. The number of thiazole rings is 1. The zero-order valence-corrected chi connectivity index (χ0v) is 14.6. The summed E-state index contributed by atoms with van der Waals surface area (Å²) in [4.78, 5) is 17.5. The van der Waals surface area contributed by atoms with Crippen molar-refractivity contribution in [2.24, 2.45) is 5.92 Å². The van der Waals surface area contributed by atoms with E-state index in [9.17, 15) is 9.18 Å². The topological polar surface area (TPSA) is 46.4 Å². The standard InChI is InChI=1S/C18H20FN3OS/c1-12(2)7-8-20-17(23)9-15-11-24-18-21-16(10-22(15)18)13-3-5-14(19)6-4-13/h3-6,10-12H,7-9H2,1-2H3,(H,20,23). The average Bonchev–Trinajstić information content (AvgIpc) is 3.10. The fourth-order valence-electron chi connectivity index (χ4n) is 2.44. The van der Waals surface area contributed by atoms with E-state index in [1.165, 1.54) is 23.5 Å². The normalized spacial score (nSPS) is 11.3. The molecule has 0 aliphatic heterocycles. The van der Waals surface area contributed by atoms with Gasteiger partial charge in [-0.15, -0.1) is 11.3 Å². The number of aromatic nitrogens is 2. The van der Waals surface area contributed by atoms with Gasteiger partial charge >= 0.3 is 0 Å². The minimum absolute atomic E-state index is 0.0207. The minimum atomic E-state index is -0.265. The van der Waals surface area contributed by atoms with Gasteiger partial charge in [-0.1, -0.05) is 13.8 Å². The summed E-state index contributed by atoms with van der Waals surface area (Å²) in [6.07, 6.45) is 3.21. The van der Waals surface area contributed by atoms with E-state index < -0.39 is 0 Å². The summed E-state index contributed by atoms with van der Waals surface area (Å²) < 4.78 is 15.0. The number of rotatable bonds is 6. The zero-order valence-electron chi connectivity index (χ0n) is 13.8. The van der Waals surface area contributed by atoms with E-state index in [2.05, 4.69) is 24.1 Å². The molecule has 0 atom stereocenters. The number of amides is 1. The summed E-state index contributed by atoms with van der Waals surface area (Å²) in [6.45, 7) is 4.97. The van der Waals surface area contributed by atoms with Crippen molar-refractivity contribution in [1.82, 2.24) is 14.7 Å². The van der Waals surface area contributed by atoms with Gasteiger partial charge in [0.25, 0.3) is 0 Å². The van der Waals surface area contributed by atoms with Crippen LogP contribution in [0.1, 0.15) is 26.0 Å². The Labute approximate surface area is 144 Å². The van der Waals surface area contributed by atoms with Crippen molar-refractivity contribution in [3.63, 3.8) is 0 Å². The quantitative estimate of drug-likeness (QED) is 0.736. The van der Waals surface area contributed by atoms with E-state index in [0.29, 0.717) is 18.9 Å². The first kappa shape index (κ1) is 16.6. The molecule has 1 N–H and O–H groups in total. The van der Waals surface area contributed by atoms with Crippen LogP contribution in [0.25, 0.3) is 16.2 Å². The monoisotopic (exact) mass is 345 g/mol. The van der Waals surface area contributed by atoms with Crippen LogP contribution >= 0.6 is 11.3 Å². The zero-order chi connectivity index (χ0) is 17.1. The van der Waals surface area contributed by atoms with Gasteiger partial charge in [0.2, 0.25) is 5.91 Å². The van der Waals surface area contributed by atoms with E-state index in [4.69, 9.17) is 0 Å². The van der Waals surface area contributed by atoms with E-state index in [0.717, 1.165) is 28.3 Å². The van der Waals surface area contributed by atoms with Crippen LogP contribution in [0.3, 0.4) is 0 Å². The summed E-state index contributed by atoms with van der Waals surface area (Å²) in [5.74, 6) is 0.330. The van der Waals surface area contributed by atoms with Gasteiger partial charge in [0.15, 0.2) is 4.96 Å². The Morgan fingerprint density at radius 2 is 2.08 bits per heavy atom. The van der Waals surface area contributed by atoms with Crippen LogP contribution in [0.4, 0.5) is 4.39 Å². The summed E-state index contributed by atoms with van der Waals surface area (Å²) in [7, 11) is 0. The van der Waals surface area contributed by atoms with Gasteiger partial charge in [-0.3, -0.25) is 9.20 Å². The lowest BCUT2D eigenvalue weighted by atomic mass is 10.1. The smallest absolute Gasteiger partial charge is 0.225 e. The molecule has 2 heterocycles. The van der Waals surface area contributed by atoms with Gasteiger partial charge in [0.05, 0.1) is 12.1 Å². The summed E-state index contributed by atoms with van der Waals surface area (Å²) in [5, 5.41) is 4.91. The number of hydrogen-bond donors (Lipinski definition) is 1. The van der Waals surface area contributed by atoms with Gasteiger partial charge in [0, 0.05) is 29.4 Å². The molecule has 24 heavy (non-hydrogen) atoms. The van der Waals surface area contributed by atoms with Crippen molar-refractivity contribution in [3.8, 4) is 11.3 Å². The van der Waals surface area contributed by atoms with Crippen LogP contribution in [0.15, 0.2) is 35.8 Å². The first-order valence-corrected chi connectivity index (χ1v) is 8.89. The molecule has 0 spiro atoms. The Bertz CT molecular complexity index is 836. The van der Waals surface area contributed by atoms with Gasteiger partial charge in [-0.2, -0.15) is 0 Å². The molecule has 2 aromatic heterocycles. The number of hydrogen-bond acceptors (Lipinski definition) is 3. The lowest BCUT2D eigenvalue weighted by molar-refractivity contribution is -0.120. The van der Waals surface area contributed by atoms with Crippen molar-refractivity contribution in [2.45, 2.75) is 26.7 Å². The number of benzene rings is 1. The molecular weight excluding hydrogens is 325 g/mol. The second-order valence-corrected chi connectivity index (χ2v) is 7.06. The van der Waals surface area contributed by atoms with Gasteiger partial charge in [0.1, 0.15) is 5.82 Å². The van der Waals surface area contributed by atoms with E-state index in [1.54, 1.807) is 12.1 Å². The number of imidazole rings is 1. The van der Waals surface area contributed by atoms with Crippen molar-refractivity contribution in [3.05, 3.63) is 47.4 Å². The molecule has 6 heteroatoms. The van der Waals surface area contributed by atoms with Crippen LogP contribution in [0, 0.1) is 11.7 Å². The largest absolute Gasteiger partial charge is 0.356 e. The van der Waals surface area contributed by atoms with Crippen molar-refractivity contribution in [2.75, 3.05) is 6.54 Å². The van der Waals surface area contributed by atoms with Crippen LogP contribution in [-0.2, 0) is 11.2 Å². The lowest BCUT2D eigenvalue weighted by Crippen LogP contribution is -2.27.